The van der Waals surface area contributed by atoms with Crippen molar-refractivity contribution in [3.8, 4) is 0 Å². The number of carbonyl (C=O) groups is 2. The number of benzene rings is 1. The van der Waals surface area contributed by atoms with E-state index < -0.39 is 11.9 Å². The van der Waals surface area contributed by atoms with Gasteiger partial charge in [0.1, 0.15) is 5.57 Å². The molecule has 1 amide bonds. The van der Waals surface area contributed by atoms with E-state index in [1.165, 1.54) is 6.08 Å². The van der Waals surface area contributed by atoms with Gasteiger partial charge in [-0.15, -0.1) is 0 Å². The Morgan fingerprint density at radius 1 is 1.39 bits per heavy atom. The quantitative estimate of drug-likeness (QED) is 0.155. The number of hydrogen-bond acceptors (Lipinski definition) is 3. The molecule has 6 nitrogen and oxygen atoms in total. The molecule has 0 fully saturated rings. The first kappa shape index (κ1) is 13.5. The zero-order valence-electron chi connectivity index (χ0n) is 9.74. The molecule has 0 atom stereocenters. The number of esters is 1. The van der Waals surface area contributed by atoms with Gasteiger partial charge in [-0.05, 0) is 29.2 Å². The van der Waals surface area contributed by atoms with Crippen molar-refractivity contribution >= 4 is 18.0 Å². The number of carbonyl (C=O) groups excluding carboxylic acids is 2. The summed E-state index contributed by atoms with van der Waals surface area (Å²) in [6, 6.07) is 8.74. The molecule has 0 saturated heterocycles. The minimum atomic E-state index is -0.959. The average Bonchev–Trinajstić information content (AvgIpc) is 2.37. The van der Waals surface area contributed by atoms with Gasteiger partial charge in [0.2, 0.25) is 0 Å². The van der Waals surface area contributed by atoms with Gasteiger partial charge in [0.05, 0.1) is 6.61 Å². The summed E-state index contributed by atoms with van der Waals surface area (Å²) in [6.45, 7) is 1.75. The topological polar surface area (TPSA) is 92.1 Å². The third kappa shape index (κ3) is 3.77. The van der Waals surface area contributed by atoms with Crippen LogP contribution in [-0.2, 0) is 14.3 Å². The van der Waals surface area contributed by atoms with Crippen LogP contribution in [0.5, 0.6) is 0 Å². The van der Waals surface area contributed by atoms with Crippen LogP contribution in [0.4, 0.5) is 0 Å². The molecule has 1 rings (SSSR count). The number of hydrogen-bond donors (Lipinski definition) is 0. The van der Waals surface area contributed by atoms with Crippen molar-refractivity contribution in [1.29, 1.82) is 0 Å². The predicted molar refractivity (Wildman–Crippen MR) is 65.2 cm³/mol. The smallest absolute Gasteiger partial charge is 0.341 e. The van der Waals surface area contributed by atoms with Gasteiger partial charge in [0.15, 0.2) is 0 Å². The van der Waals surface area contributed by atoms with E-state index in [0.717, 1.165) is 0 Å². The average molecular weight is 245 g/mol. The van der Waals surface area contributed by atoms with E-state index in [0.29, 0.717) is 5.56 Å². The van der Waals surface area contributed by atoms with E-state index in [1.54, 1.807) is 37.3 Å². The summed E-state index contributed by atoms with van der Waals surface area (Å²) in [6.07, 6.45) is 1.33. The van der Waals surface area contributed by atoms with Crippen LogP contribution in [0.25, 0.3) is 16.5 Å². The highest BCUT2D eigenvalue weighted by Gasteiger charge is 2.18. The Kier molecular flexibility index (Phi) is 5.15. The highest BCUT2D eigenvalue weighted by Crippen LogP contribution is 2.10. The highest BCUT2D eigenvalue weighted by molar-refractivity contribution is 6.20. The van der Waals surface area contributed by atoms with Crippen LogP contribution in [0.15, 0.2) is 41.0 Å². The van der Waals surface area contributed by atoms with Crippen molar-refractivity contribution in [2.45, 2.75) is 6.92 Å². The SMILES string of the molecule is CCOC(=O)/C(=C\c1ccccc1)C(=O)N=[N+]=[N-]. The van der Waals surface area contributed by atoms with E-state index >= 15 is 0 Å². The largest absolute Gasteiger partial charge is 0.462 e. The van der Waals surface area contributed by atoms with Crippen molar-refractivity contribution in [2.75, 3.05) is 6.61 Å². The molecule has 0 aliphatic carbocycles. The third-order valence-corrected chi connectivity index (χ3v) is 1.97. The van der Waals surface area contributed by atoms with E-state index in [-0.39, 0.29) is 12.2 Å². The standard InChI is InChI=1S/C12H11N3O3/c1-2-18-12(17)10(11(16)14-15-13)8-9-6-4-3-5-7-9/h3-8H,2H2,1H3/b10-8-. The van der Waals surface area contributed by atoms with Crippen molar-refractivity contribution in [3.05, 3.63) is 51.9 Å². The third-order valence-electron chi connectivity index (χ3n) is 1.97. The second-order valence-electron chi connectivity index (χ2n) is 3.18. The number of ether oxygens (including phenoxy) is 1. The zero-order chi connectivity index (χ0) is 13.4. The molecule has 0 spiro atoms. The molecular weight excluding hydrogens is 234 g/mol. The summed E-state index contributed by atoms with van der Waals surface area (Å²) in [7, 11) is 0. The zero-order valence-corrected chi connectivity index (χ0v) is 9.74. The number of rotatable bonds is 4. The minimum Gasteiger partial charge on any atom is -0.462 e. The number of nitrogens with zero attached hydrogens (tertiary/aromatic N) is 3. The summed E-state index contributed by atoms with van der Waals surface area (Å²) in [5, 5.41) is 2.90. The molecule has 1 aromatic carbocycles. The molecule has 0 bridgehead atoms. The van der Waals surface area contributed by atoms with E-state index in [1.807, 2.05) is 0 Å². The van der Waals surface area contributed by atoms with Crippen LogP contribution in [0.3, 0.4) is 0 Å². The Balaban J connectivity index is 3.12. The Bertz CT molecular complexity index is 517. The summed E-state index contributed by atoms with van der Waals surface area (Å²) < 4.78 is 4.73. The van der Waals surface area contributed by atoms with Gasteiger partial charge >= 0.3 is 5.97 Å². The lowest BCUT2D eigenvalue weighted by molar-refractivity contribution is -0.139. The van der Waals surface area contributed by atoms with Gasteiger partial charge in [-0.2, -0.15) is 0 Å². The predicted octanol–water partition coefficient (Wildman–Crippen LogP) is 2.47. The van der Waals surface area contributed by atoms with Crippen molar-refractivity contribution in [2.24, 2.45) is 5.11 Å². The fourth-order valence-corrected chi connectivity index (χ4v) is 1.23. The van der Waals surface area contributed by atoms with Gasteiger partial charge in [-0.1, -0.05) is 30.3 Å². The van der Waals surface area contributed by atoms with Crippen molar-refractivity contribution in [3.63, 3.8) is 0 Å². The molecule has 0 radical (unpaired) electrons. The Morgan fingerprint density at radius 2 is 2.06 bits per heavy atom. The lowest BCUT2D eigenvalue weighted by Crippen LogP contribution is -2.14. The molecule has 0 N–H and O–H groups in total. The second kappa shape index (κ2) is 6.88. The Labute approximate surface area is 104 Å². The van der Waals surface area contributed by atoms with E-state index in [2.05, 4.69) is 10.0 Å². The summed E-state index contributed by atoms with van der Waals surface area (Å²) >= 11 is 0. The lowest BCUT2D eigenvalue weighted by Gasteiger charge is -2.03. The van der Waals surface area contributed by atoms with Crippen molar-refractivity contribution < 1.29 is 14.3 Å². The van der Waals surface area contributed by atoms with Gasteiger partial charge < -0.3 is 4.74 Å². The lowest BCUT2D eigenvalue weighted by atomic mass is 10.1. The monoisotopic (exact) mass is 245 g/mol. The summed E-state index contributed by atoms with van der Waals surface area (Å²) in [5.41, 5.74) is 8.57. The van der Waals surface area contributed by atoms with E-state index in [9.17, 15) is 9.59 Å². The van der Waals surface area contributed by atoms with Crippen LogP contribution in [0.2, 0.25) is 0 Å². The summed E-state index contributed by atoms with van der Waals surface area (Å²) in [5.74, 6) is -1.77. The molecule has 0 aromatic heterocycles. The molecule has 0 saturated carbocycles. The van der Waals surface area contributed by atoms with Crippen LogP contribution >= 0.6 is 0 Å². The molecule has 18 heavy (non-hydrogen) atoms. The molecule has 0 aliphatic rings. The fourth-order valence-electron chi connectivity index (χ4n) is 1.23. The minimum absolute atomic E-state index is 0.133. The first-order valence-electron chi connectivity index (χ1n) is 5.22. The maximum absolute atomic E-state index is 11.6. The van der Waals surface area contributed by atoms with Gasteiger partial charge in [0.25, 0.3) is 5.91 Å². The summed E-state index contributed by atoms with van der Waals surface area (Å²) in [4.78, 5) is 25.4. The van der Waals surface area contributed by atoms with Gasteiger partial charge in [0, 0.05) is 4.91 Å². The maximum atomic E-state index is 11.6. The number of azide groups is 1. The fraction of sp³-hybridized carbons (Fsp3) is 0.167. The van der Waals surface area contributed by atoms with Crippen LogP contribution < -0.4 is 0 Å². The maximum Gasteiger partial charge on any atom is 0.341 e. The van der Waals surface area contributed by atoms with Gasteiger partial charge in [-0.25, -0.2) is 4.79 Å². The van der Waals surface area contributed by atoms with Crippen LogP contribution in [-0.4, -0.2) is 18.5 Å². The Morgan fingerprint density at radius 3 is 2.61 bits per heavy atom. The normalized spacial score (nSPS) is 10.4. The second-order valence-corrected chi connectivity index (χ2v) is 3.18. The van der Waals surface area contributed by atoms with Crippen LogP contribution in [0.1, 0.15) is 12.5 Å². The van der Waals surface area contributed by atoms with Gasteiger partial charge in [-0.3, -0.25) is 4.79 Å². The molecule has 92 valence electrons. The molecule has 6 heteroatoms. The number of amides is 1. The highest BCUT2D eigenvalue weighted by atomic mass is 16.5. The van der Waals surface area contributed by atoms with Crippen molar-refractivity contribution in [1.82, 2.24) is 0 Å². The van der Waals surface area contributed by atoms with Crippen LogP contribution in [0, 0.1) is 0 Å². The molecule has 0 aliphatic heterocycles. The van der Waals surface area contributed by atoms with E-state index in [4.69, 9.17) is 10.3 Å². The first-order valence-corrected chi connectivity index (χ1v) is 5.22. The molecule has 0 heterocycles. The Hall–Kier alpha value is -2.59. The first-order chi connectivity index (χ1) is 8.69. The molecular formula is C12H11N3O3. The molecule has 1 aromatic rings. The molecule has 0 unspecified atom stereocenters.